The summed E-state index contributed by atoms with van der Waals surface area (Å²) in [5.41, 5.74) is 11.1. The van der Waals surface area contributed by atoms with Gasteiger partial charge in [0.15, 0.2) is 5.15 Å². The predicted octanol–water partition coefficient (Wildman–Crippen LogP) is 2.88. The fraction of sp³-hybridized carbons (Fsp3) is 0.333. The molecule has 4 nitrogen and oxygen atoms in total. The first-order valence-electron chi connectivity index (χ1n) is 6.58. The minimum absolute atomic E-state index is 0.121. The van der Waals surface area contributed by atoms with E-state index in [0.717, 1.165) is 0 Å². The Labute approximate surface area is 127 Å². The highest BCUT2D eigenvalue weighted by Gasteiger charge is 2.44. The number of allylic oxidation sites excluding steroid dienone is 3. The molecule has 1 atom stereocenters. The number of anilines is 1. The van der Waals surface area contributed by atoms with E-state index in [1.54, 1.807) is 12.1 Å². The standard InChI is InChI=1S/C15H17ClFN3O/c1-8(2)15(12-6-4-10(18)13(16)20-12)7-9(14(19)21)3-5-11(15)17/h3-6,8H,7,18H2,1-2H3,(H2,19,21). The van der Waals surface area contributed by atoms with Gasteiger partial charge in [-0.1, -0.05) is 31.5 Å². The van der Waals surface area contributed by atoms with Crippen molar-refractivity contribution in [2.45, 2.75) is 25.7 Å². The van der Waals surface area contributed by atoms with Gasteiger partial charge in [-0.05, 0) is 30.5 Å². The Balaban J connectivity index is 2.62. The first-order valence-corrected chi connectivity index (χ1v) is 6.96. The SMILES string of the molecule is CC(C)C1(c2ccc(N)c(Cl)n2)CC(C(N)=O)=CC=C1F. The molecule has 0 aromatic carbocycles. The van der Waals surface area contributed by atoms with Crippen LogP contribution in [0.3, 0.4) is 0 Å². The first-order chi connectivity index (χ1) is 9.79. The van der Waals surface area contributed by atoms with Gasteiger partial charge in [0.2, 0.25) is 5.91 Å². The summed E-state index contributed by atoms with van der Waals surface area (Å²) in [5, 5.41) is 0.121. The number of rotatable bonds is 3. The molecule has 0 saturated carbocycles. The molecule has 0 fully saturated rings. The van der Waals surface area contributed by atoms with Crippen LogP contribution >= 0.6 is 11.6 Å². The molecule has 1 aromatic heterocycles. The molecule has 1 aliphatic carbocycles. The van der Waals surface area contributed by atoms with Crippen LogP contribution in [0.25, 0.3) is 0 Å². The number of aromatic nitrogens is 1. The lowest BCUT2D eigenvalue weighted by Crippen LogP contribution is -2.38. The molecule has 0 aliphatic heterocycles. The molecule has 1 aromatic rings. The Morgan fingerprint density at radius 2 is 2.10 bits per heavy atom. The maximum absolute atomic E-state index is 14.7. The largest absolute Gasteiger partial charge is 0.396 e. The Hall–Kier alpha value is -1.88. The third kappa shape index (κ3) is 2.53. The quantitative estimate of drug-likeness (QED) is 0.842. The number of amides is 1. The summed E-state index contributed by atoms with van der Waals surface area (Å²) in [6.45, 7) is 3.73. The lowest BCUT2D eigenvalue weighted by molar-refractivity contribution is -0.114. The molecular formula is C15H17ClFN3O. The molecule has 21 heavy (non-hydrogen) atoms. The van der Waals surface area contributed by atoms with E-state index >= 15 is 0 Å². The molecule has 0 spiro atoms. The number of nitrogen functional groups attached to an aromatic ring is 1. The van der Waals surface area contributed by atoms with Gasteiger partial charge in [-0.2, -0.15) is 0 Å². The zero-order valence-corrected chi connectivity index (χ0v) is 12.6. The number of pyridine rings is 1. The van der Waals surface area contributed by atoms with Gasteiger partial charge in [-0.3, -0.25) is 4.79 Å². The van der Waals surface area contributed by atoms with Gasteiger partial charge in [0, 0.05) is 5.57 Å². The van der Waals surface area contributed by atoms with E-state index in [4.69, 9.17) is 23.1 Å². The van der Waals surface area contributed by atoms with E-state index in [0.29, 0.717) is 17.0 Å². The Morgan fingerprint density at radius 3 is 2.62 bits per heavy atom. The number of carbonyl (C=O) groups is 1. The van der Waals surface area contributed by atoms with Crippen molar-refractivity contribution < 1.29 is 9.18 Å². The molecule has 4 N–H and O–H groups in total. The Bertz CT molecular complexity index is 654. The summed E-state index contributed by atoms with van der Waals surface area (Å²) in [4.78, 5) is 15.7. The summed E-state index contributed by atoms with van der Waals surface area (Å²) >= 11 is 5.96. The molecule has 1 unspecified atom stereocenters. The van der Waals surface area contributed by atoms with Crippen LogP contribution in [-0.4, -0.2) is 10.9 Å². The molecule has 1 heterocycles. The minimum Gasteiger partial charge on any atom is -0.396 e. The molecule has 6 heteroatoms. The van der Waals surface area contributed by atoms with E-state index in [2.05, 4.69) is 4.98 Å². The van der Waals surface area contributed by atoms with Gasteiger partial charge >= 0.3 is 0 Å². The number of hydrogen-bond acceptors (Lipinski definition) is 3. The van der Waals surface area contributed by atoms with Crippen LogP contribution in [-0.2, 0) is 10.2 Å². The maximum atomic E-state index is 14.7. The zero-order chi connectivity index (χ0) is 15.8. The van der Waals surface area contributed by atoms with Crippen LogP contribution in [0.1, 0.15) is 26.0 Å². The van der Waals surface area contributed by atoms with Gasteiger partial charge in [-0.25, -0.2) is 9.37 Å². The van der Waals surface area contributed by atoms with Gasteiger partial charge in [0.05, 0.1) is 16.8 Å². The van der Waals surface area contributed by atoms with Gasteiger partial charge in [0.1, 0.15) is 5.83 Å². The summed E-state index contributed by atoms with van der Waals surface area (Å²) in [6, 6.07) is 3.23. The normalized spacial score (nSPS) is 22.0. The molecule has 2 rings (SSSR count). The average molecular weight is 310 g/mol. The molecule has 0 saturated heterocycles. The highest BCUT2D eigenvalue weighted by Crippen LogP contribution is 2.46. The number of halogens is 2. The predicted molar refractivity (Wildman–Crippen MR) is 81.3 cm³/mol. The van der Waals surface area contributed by atoms with Gasteiger partial charge in [0.25, 0.3) is 0 Å². The molecule has 0 radical (unpaired) electrons. The Kier molecular flexibility index (Phi) is 4.05. The monoisotopic (exact) mass is 309 g/mol. The smallest absolute Gasteiger partial charge is 0.244 e. The van der Waals surface area contributed by atoms with Crippen molar-refractivity contribution in [3.8, 4) is 0 Å². The molecule has 1 aliphatic rings. The number of hydrogen-bond donors (Lipinski definition) is 2. The van der Waals surface area contributed by atoms with Crippen molar-refractivity contribution in [2.75, 3.05) is 5.73 Å². The number of carbonyl (C=O) groups excluding carboxylic acids is 1. The van der Waals surface area contributed by atoms with Gasteiger partial charge < -0.3 is 11.5 Å². The lowest BCUT2D eigenvalue weighted by atomic mass is 9.67. The summed E-state index contributed by atoms with van der Waals surface area (Å²) in [7, 11) is 0. The van der Waals surface area contributed by atoms with E-state index in [1.165, 1.54) is 12.2 Å². The second-order valence-electron chi connectivity index (χ2n) is 5.45. The summed E-state index contributed by atoms with van der Waals surface area (Å²) in [5.74, 6) is -1.08. The van der Waals surface area contributed by atoms with E-state index in [1.807, 2.05) is 13.8 Å². The van der Waals surface area contributed by atoms with E-state index in [-0.39, 0.29) is 23.3 Å². The number of primary amides is 1. The number of nitrogens with zero attached hydrogens (tertiary/aromatic N) is 1. The second-order valence-corrected chi connectivity index (χ2v) is 5.81. The number of nitrogens with two attached hydrogens (primary N) is 2. The van der Waals surface area contributed by atoms with Crippen molar-refractivity contribution in [3.05, 3.63) is 46.5 Å². The van der Waals surface area contributed by atoms with Crippen molar-refractivity contribution in [3.63, 3.8) is 0 Å². The van der Waals surface area contributed by atoms with Crippen LogP contribution in [0, 0.1) is 5.92 Å². The van der Waals surface area contributed by atoms with Crippen LogP contribution in [0.15, 0.2) is 35.7 Å². The molecular weight excluding hydrogens is 293 g/mol. The fourth-order valence-electron chi connectivity index (χ4n) is 2.62. The van der Waals surface area contributed by atoms with Crippen LogP contribution in [0.5, 0.6) is 0 Å². The Morgan fingerprint density at radius 1 is 1.43 bits per heavy atom. The third-order valence-corrected chi connectivity index (χ3v) is 4.27. The maximum Gasteiger partial charge on any atom is 0.244 e. The van der Waals surface area contributed by atoms with Gasteiger partial charge in [-0.15, -0.1) is 0 Å². The van der Waals surface area contributed by atoms with Crippen molar-refractivity contribution in [1.82, 2.24) is 4.98 Å². The fourth-order valence-corrected chi connectivity index (χ4v) is 2.77. The lowest BCUT2D eigenvalue weighted by Gasteiger charge is -2.38. The van der Waals surface area contributed by atoms with Crippen molar-refractivity contribution in [1.29, 1.82) is 0 Å². The van der Waals surface area contributed by atoms with Crippen LogP contribution in [0.2, 0.25) is 5.15 Å². The highest BCUT2D eigenvalue weighted by molar-refractivity contribution is 6.31. The van der Waals surface area contributed by atoms with E-state index < -0.39 is 11.3 Å². The topological polar surface area (TPSA) is 82.0 Å². The van der Waals surface area contributed by atoms with Crippen LogP contribution in [0.4, 0.5) is 10.1 Å². The zero-order valence-electron chi connectivity index (χ0n) is 11.9. The van der Waals surface area contributed by atoms with Crippen molar-refractivity contribution >= 4 is 23.2 Å². The summed E-state index contributed by atoms with van der Waals surface area (Å²) in [6.07, 6.45) is 2.84. The molecule has 0 bridgehead atoms. The molecule has 112 valence electrons. The first kappa shape index (κ1) is 15.5. The minimum atomic E-state index is -1.06. The third-order valence-electron chi connectivity index (χ3n) is 3.96. The highest BCUT2D eigenvalue weighted by atomic mass is 35.5. The van der Waals surface area contributed by atoms with Crippen molar-refractivity contribution in [2.24, 2.45) is 11.7 Å². The summed E-state index contributed by atoms with van der Waals surface area (Å²) < 4.78 is 14.7. The van der Waals surface area contributed by atoms with Crippen LogP contribution < -0.4 is 11.5 Å². The second kappa shape index (κ2) is 5.48. The molecule has 1 amide bonds. The van der Waals surface area contributed by atoms with E-state index in [9.17, 15) is 9.18 Å². The average Bonchev–Trinajstić information content (AvgIpc) is 2.42.